The molecule has 8 nitrogen and oxygen atoms in total. The number of hydrogen-bond donors (Lipinski definition) is 3. The maximum atomic E-state index is 15.4. The van der Waals surface area contributed by atoms with Crippen molar-refractivity contribution in [2.75, 3.05) is 17.5 Å². The van der Waals surface area contributed by atoms with Gasteiger partial charge in [-0.3, -0.25) is 9.40 Å². The maximum Gasteiger partial charge on any atom is 0.263 e. The van der Waals surface area contributed by atoms with Crippen LogP contribution in [-0.2, 0) is 10.0 Å². The fourth-order valence-electron chi connectivity index (χ4n) is 5.68. The molecular formula is C28H28ClF3N6O2S. The van der Waals surface area contributed by atoms with Gasteiger partial charge < -0.3 is 11.1 Å². The summed E-state index contributed by atoms with van der Waals surface area (Å²) < 4.78 is 75.0. The predicted octanol–water partition coefficient (Wildman–Crippen LogP) is 6.10. The SMILES string of the molecule is CNC1CCC(c2cnc(N)c3c(-c4ccc(NS(=O)(=O)c5ccccc5Cl)c(F)c4)nn(C4CC4)c23)CC1(F)F. The van der Waals surface area contributed by atoms with E-state index in [1.165, 1.54) is 36.4 Å². The molecule has 2 aromatic carbocycles. The summed E-state index contributed by atoms with van der Waals surface area (Å²) in [4.78, 5) is 4.16. The van der Waals surface area contributed by atoms with Gasteiger partial charge in [0, 0.05) is 18.2 Å². The molecule has 0 aliphatic heterocycles. The van der Waals surface area contributed by atoms with Crippen LogP contribution in [-0.4, -0.2) is 42.2 Å². The van der Waals surface area contributed by atoms with E-state index in [2.05, 4.69) is 15.0 Å². The summed E-state index contributed by atoms with van der Waals surface area (Å²) in [5, 5.41) is 7.98. The van der Waals surface area contributed by atoms with Crippen molar-refractivity contribution in [1.82, 2.24) is 20.1 Å². The number of sulfonamides is 1. The maximum absolute atomic E-state index is 15.4. The molecule has 0 saturated heterocycles. The van der Waals surface area contributed by atoms with Crippen molar-refractivity contribution >= 4 is 44.0 Å². The Bertz CT molecular complexity index is 1760. The van der Waals surface area contributed by atoms with Crippen molar-refractivity contribution in [1.29, 1.82) is 0 Å². The van der Waals surface area contributed by atoms with E-state index in [-0.39, 0.29) is 33.9 Å². The summed E-state index contributed by atoms with van der Waals surface area (Å²) in [5.74, 6) is -4.02. The number of anilines is 2. The van der Waals surface area contributed by atoms with Gasteiger partial charge in [0.15, 0.2) is 0 Å². The van der Waals surface area contributed by atoms with Crippen molar-refractivity contribution in [2.45, 2.75) is 60.9 Å². The first kappa shape index (κ1) is 27.8. The summed E-state index contributed by atoms with van der Waals surface area (Å²) in [6.07, 6.45) is 3.83. The summed E-state index contributed by atoms with van der Waals surface area (Å²) in [6.45, 7) is 0. The quantitative estimate of drug-likeness (QED) is 0.235. The average Bonchev–Trinajstić information content (AvgIpc) is 3.69. The van der Waals surface area contributed by atoms with E-state index in [9.17, 15) is 17.2 Å². The van der Waals surface area contributed by atoms with E-state index in [0.29, 0.717) is 40.6 Å². The lowest BCUT2D eigenvalue weighted by Gasteiger charge is -2.36. The van der Waals surface area contributed by atoms with E-state index in [0.717, 1.165) is 12.8 Å². The number of pyridine rings is 1. The summed E-state index contributed by atoms with van der Waals surface area (Å²) in [7, 11) is -2.61. The molecule has 2 heterocycles. The van der Waals surface area contributed by atoms with E-state index in [1.54, 1.807) is 19.3 Å². The number of alkyl halides is 2. The Morgan fingerprint density at radius 3 is 2.54 bits per heavy atom. The van der Waals surface area contributed by atoms with Crippen LogP contribution in [0, 0.1) is 5.82 Å². The third kappa shape index (κ3) is 5.02. The molecule has 4 aromatic rings. The Kier molecular flexibility index (Phi) is 6.90. The standard InChI is InChI=1S/C28H28ClF3N6O2S/c1-34-23-11-7-16(13-28(23,31)32)18-14-35-27(33)24-25(36-38(26(18)24)17-8-9-17)15-6-10-21(20(30)12-15)37-41(39,40)22-5-3-2-4-19(22)29/h2-6,10,12,14,16-17,23,34,37H,7-9,11,13H2,1H3,(H2,33,35). The van der Waals surface area contributed by atoms with Gasteiger partial charge in [-0.05, 0) is 68.5 Å². The second-order valence-electron chi connectivity index (χ2n) is 10.7. The fourth-order valence-corrected chi connectivity index (χ4v) is 7.27. The largest absolute Gasteiger partial charge is 0.383 e. The predicted molar refractivity (Wildman–Crippen MR) is 152 cm³/mol. The molecular weight excluding hydrogens is 577 g/mol. The molecule has 0 spiro atoms. The van der Waals surface area contributed by atoms with Crippen LogP contribution in [0.2, 0.25) is 5.02 Å². The van der Waals surface area contributed by atoms with Gasteiger partial charge in [0.1, 0.15) is 22.2 Å². The molecule has 2 unspecified atom stereocenters. The van der Waals surface area contributed by atoms with Gasteiger partial charge in [-0.2, -0.15) is 5.10 Å². The minimum atomic E-state index is -4.16. The lowest BCUT2D eigenvalue weighted by atomic mass is 9.79. The molecule has 2 aromatic heterocycles. The molecule has 41 heavy (non-hydrogen) atoms. The van der Waals surface area contributed by atoms with Gasteiger partial charge in [-0.25, -0.2) is 26.6 Å². The highest BCUT2D eigenvalue weighted by atomic mass is 35.5. The van der Waals surface area contributed by atoms with Crippen molar-refractivity contribution < 1.29 is 21.6 Å². The van der Waals surface area contributed by atoms with Crippen LogP contribution in [0.5, 0.6) is 0 Å². The first-order valence-corrected chi connectivity index (χ1v) is 15.1. The van der Waals surface area contributed by atoms with Crippen LogP contribution >= 0.6 is 11.6 Å². The van der Waals surface area contributed by atoms with E-state index in [1.807, 2.05) is 4.68 Å². The highest BCUT2D eigenvalue weighted by Crippen LogP contribution is 2.48. The third-order valence-corrected chi connectivity index (χ3v) is 9.77. The molecule has 2 atom stereocenters. The normalized spacial score (nSPS) is 20.8. The number of benzene rings is 2. The van der Waals surface area contributed by atoms with Gasteiger partial charge >= 0.3 is 0 Å². The zero-order chi connectivity index (χ0) is 29.1. The van der Waals surface area contributed by atoms with E-state index < -0.39 is 33.7 Å². The topological polar surface area (TPSA) is 115 Å². The molecule has 216 valence electrons. The number of nitrogens with two attached hydrogens (primary N) is 1. The second-order valence-corrected chi connectivity index (χ2v) is 12.7. The third-order valence-electron chi connectivity index (χ3n) is 7.91. The van der Waals surface area contributed by atoms with Crippen LogP contribution in [0.3, 0.4) is 0 Å². The number of fused-ring (bicyclic) bond motifs is 1. The molecule has 13 heteroatoms. The van der Waals surface area contributed by atoms with Crippen LogP contribution in [0.4, 0.5) is 24.7 Å². The Morgan fingerprint density at radius 1 is 1.12 bits per heavy atom. The Balaban J connectivity index is 1.41. The molecule has 2 aliphatic carbocycles. The molecule has 0 amide bonds. The van der Waals surface area contributed by atoms with Gasteiger partial charge in [0.05, 0.1) is 33.7 Å². The monoisotopic (exact) mass is 604 g/mol. The zero-order valence-corrected chi connectivity index (χ0v) is 23.6. The second kappa shape index (κ2) is 10.2. The van der Waals surface area contributed by atoms with Crippen LogP contribution in [0.25, 0.3) is 22.2 Å². The summed E-state index contributed by atoms with van der Waals surface area (Å²) >= 11 is 6.04. The number of aromatic nitrogens is 3. The van der Waals surface area contributed by atoms with E-state index >= 15 is 4.39 Å². The highest BCUT2D eigenvalue weighted by molar-refractivity contribution is 7.92. The van der Waals surface area contributed by atoms with Crippen LogP contribution in [0.1, 0.15) is 49.6 Å². The molecule has 2 aliphatic rings. The van der Waals surface area contributed by atoms with Crippen LogP contribution < -0.4 is 15.8 Å². The van der Waals surface area contributed by atoms with Crippen LogP contribution in [0.15, 0.2) is 53.6 Å². The average molecular weight is 605 g/mol. The number of hydrogen-bond acceptors (Lipinski definition) is 6. The number of halogens is 4. The molecule has 0 bridgehead atoms. The van der Waals surface area contributed by atoms with E-state index in [4.69, 9.17) is 22.4 Å². The summed E-state index contributed by atoms with van der Waals surface area (Å²) in [5.41, 5.74) is 8.06. The lowest BCUT2D eigenvalue weighted by molar-refractivity contribution is -0.0677. The Labute approximate surface area is 240 Å². The Morgan fingerprint density at radius 2 is 1.88 bits per heavy atom. The smallest absolute Gasteiger partial charge is 0.263 e. The fraction of sp³-hybridized carbons (Fsp3) is 0.357. The lowest BCUT2D eigenvalue weighted by Crippen LogP contribution is -2.47. The number of nitrogens with one attached hydrogen (secondary N) is 2. The molecule has 0 radical (unpaired) electrons. The van der Waals surface area contributed by atoms with Gasteiger partial charge in [0.2, 0.25) is 0 Å². The van der Waals surface area contributed by atoms with Crippen molar-refractivity contribution in [3.63, 3.8) is 0 Å². The number of nitrogens with zero attached hydrogens (tertiary/aromatic N) is 3. The summed E-state index contributed by atoms with van der Waals surface area (Å²) in [6, 6.07) is 9.04. The zero-order valence-electron chi connectivity index (χ0n) is 22.0. The molecule has 6 rings (SSSR count). The Hall–Kier alpha value is -3.35. The number of rotatable bonds is 7. The first-order valence-electron chi connectivity index (χ1n) is 13.3. The highest BCUT2D eigenvalue weighted by Gasteiger charge is 2.45. The number of nitrogen functional groups attached to an aromatic ring is 1. The van der Waals surface area contributed by atoms with Crippen molar-refractivity contribution in [3.8, 4) is 11.3 Å². The molecule has 2 saturated carbocycles. The minimum Gasteiger partial charge on any atom is -0.383 e. The van der Waals surface area contributed by atoms with Crippen molar-refractivity contribution in [2.24, 2.45) is 0 Å². The minimum absolute atomic E-state index is 0.00472. The first-order chi connectivity index (χ1) is 19.5. The van der Waals surface area contributed by atoms with Gasteiger partial charge in [-0.15, -0.1) is 0 Å². The van der Waals surface area contributed by atoms with Gasteiger partial charge in [-0.1, -0.05) is 29.8 Å². The van der Waals surface area contributed by atoms with Crippen molar-refractivity contribution in [3.05, 3.63) is 65.1 Å². The van der Waals surface area contributed by atoms with Gasteiger partial charge in [0.25, 0.3) is 15.9 Å². The molecule has 4 N–H and O–H groups in total. The molecule has 2 fully saturated rings.